The van der Waals surface area contributed by atoms with Gasteiger partial charge in [0.05, 0.1) is 19.4 Å². The Hall–Kier alpha value is -1.82. The first-order chi connectivity index (χ1) is 8.86. The zero-order valence-electron chi connectivity index (χ0n) is 10.3. The summed E-state index contributed by atoms with van der Waals surface area (Å²) < 4.78 is 13.1. The summed E-state index contributed by atoms with van der Waals surface area (Å²) in [6.07, 6.45) is 6.51. The number of imidazole rings is 1. The van der Waals surface area contributed by atoms with E-state index in [0.29, 0.717) is 12.5 Å². The van der Waals surface area contributed by atoms with Crippen molar-refractivity contribution in [3.8, 4) is 5.88 Å². The lowest BCUT2D eigenvalue weighted by atomic mass is 10.3. The Morgan fingerprint density at radius 1 is 1.61 bits per heavy atom. The van der Waals surface area contributed by atoms with Crippen molar-refractivity contribution in [2.45, 2.75) is 19.4 Å². The van der Waals surface area contributed by atoms with Gasteiger partial charge in [-0.15, -0.1) is 0 Å². The summed E-state index contributed by atoms with van der Waals surface area (Å²) in [5.41, 5.74) is 0.739. The number of fused-ring (bicyclic) bond motifs is 1. The van der Waals surface area contributed by atoms with Crippen LogP contribution in [0.25, 0.3) is 5.65 Å². The Morgan fingerprint density at radius 2 is 2.56 bits per heavy atom. The van der Waals surface area contributed by atoms with Crippen molar-refractivity contribution in [3.63, 3.8) is 0 Å². The van der Waals surface area contributed by atoms with Crippen molar-refractivity contribution in [2.75, 3.05) is 25.1 Å². The molecule has 2 aromatic heterocycles. The van der Waals surface area contributed by atoms with E-state index >= 15 is 0 Å². The van der Waals surface area contributed by atoms with Crippen LogP contribution in [0.1, 0.15) is 13.3 Å². The highest BCUT2D eigenvalue weighted by atomic mass is 16.5. The predicted octanol–water partition coefficient (Wildman–Crippen LogP) is 1.33. The summed E-state index contributed by atoms with van der Waals surface area (Å²) >= 11 is 0. The topological polar surface area (TPSA) is 60.7 Å². The van der Waals surface area contributed by atoms with E-state index < -0.39 is 0 Å². The number of aromatic nitrogens is 3. The van der Waals surface area contributed by atoms with Gasteiger partial charge >= 0.3 is 0 Å². The van der Waals surface area contributed by atoms with Gasteiger partial charge in [-0.2, -0.15) is 4.98 Å². The summed E-state index contributed by atoms with van der Waals surface area (Å²) in [6.45, 7) is 4.23. The van der Waals surface area contributed by atoms with Crippen molar-refractivity contribution in [2.24, 2.45) is 0 Å². The van der Waals surface area contributed by atoms with Crippen LogP contribution in [-0.4, -0.2) is 40.2 Å². The molecule has 1 unspecified atom stereocenters. The van der Waals surface area contributed by atoms with E-state index in [2.05, 4.69) is 15.3 Å². The highest BCUT2D eigenvalue weighted by Crippen LogP contribution is 2.21. The van der Waals surface area contributed by atoms with Gasteiger partial charge in [-0.25, -0.2) is 4.98 Å². The van der Waals surface area contributed by atoms with Crippen LogP contribution in [0.5, 0.6) is 5.88 Å². The van der Waals surface area contributed by atoms with Crippen LogP contribution in [0.4, 0.5) is 5.82 Å². The van der Waals surface area contributed by atoms with E-state index in [0.717, 1.165) is 31.0 Å². The summed E-state index contributed by atoms with van der Waals surface area (Å²) in [6, 6.07) is 0. The van der Waals surface area contributed by atoms with Gasteiger partial charge in [0.15, 0.2) is 0 Å². The predicted molar refractivity (Wildman–Crippen MR) is 67.0 cm³/mol. The van der Waals surface area contributed by atoms with Crippen molar-refractivity contribution in [1.82, 2.24) is 14.4 Å². The first-order valence-corrected chi connectivity index (χ1v) is 6.19. The number of ether oxygens (including phenoxy) is 2. The number of hydrogen-bond acceptors (Lipinski definition) is 5. The Bertz CT molecular complexity index is 534. The molecule has 1 atom stereocenters. The van der Waals surface area contributed by atoms with Gasteiger partial charge < -0.3 is 14.8 Å². The molecule has 6 nitrogen and oxygen atoms in total. The molecule has 0 bridgehead atoms. The lowest BCUT2D eigenvalue weighted by Gasteiger charge is -2.13. The molecule has 3 rings (SSSR count). The highest BCUT2D eigenvalue weighted by molar-refractivity contribution is 5.53. The van der Waals surface area contributed by atoms with E-state index in [9.17, 15) is 0 Å². The zero-order chi connectivity index (χ0) is 12.4. The fraction of sp³-hybridized carbons (Fsp3) is 0.500. The second-order valence-corrected chi connectivity index (χ2v) is 4.22. The fourth-order valence-electron chi connectivity index (χ4n) is 2.01. The number of hydrogen-bond donors (Lipinski definition) is 1. The first kappa shape index (κ1) is 11.3. The standard InChI is InChI=1S/C12H16N4O2/c1-2-13-10-7-16-5-4-14-11(16)12(15-10)18-9-3-6-17-8-9/h4-5,7,9,13H,2-3,6,8H2,1H3. The Balaban J connectivity index is 1.93. The van der Waals surface area contributed by atoms with Crippen LogP contribution in [-0.2, 0) is 4.74 Å². The van der Waals surface area contributed by atoms with Crippen LogP contribution in [0.2, 0.25) is 0 Å². The van der Waals surface area contributed by atoms with Gasteiger partial charge in [0.2, 0.25) is 5.65 Å². The average Bonchev–Trinajstić information content (AvgIpc) is 2.99. The lowest BCUT2D eigenvalue weighted by molar-refractivity contribution is 0.139. The molecule has 1 aliphatic heterocycles. The highest BCUT2D eigenvalue weighted by Gasteiger charge is 2.20. The Morgan fingerprint density at radius 3 is 3.33 bits per heavy atom. The number of nitrogens with zero attached hydrogens (tertiary/aromatic N) is 3. The van der Waals surface area contributed by atoms with Crippen LogP contribution in [0, 0.1) is 0 Å². The number of nitrogens with one attached hydrogen (secondary N) is 1. The van der Waals surface area contributed by atoms with Gasteiger partial charge in [0, 0.05) is 25.4 Å². The average molecular weight is 248 g/mol. The maximum Gasteiger partial charge on any atom is 0.260 e. The normalized spacial score (nSPS) is 19.3. The van der Waals surface area contributed by atoms with Gasteiger partial charge in [0.25, 0.3) is 5.88 Å². The molecule has 0 aliphatic carbocycles. The monoisotopic (exact) mass is 248 g/mol. The van der Waals surface area contributed by atoms with E-state index in [-0.39, 0.29) is 6.10 Å². The third-order valence-electron chi connectivity index (χ3n) is 2.87. The lowest BCUT2D eigenvalue weighted by Crippen LogP contribution is -2.17. The molecule has 0 radical (unpaired) electrons. The molecule has 0 amide bonds. The molecule has 1 N–H and O–H groups in total. The largest absolute Gasteiger partial charge is 0.469 e. The maximum atomic E-state index is 5.87. The quantitative estimate of drug-likeness (QED) is 0.884. The second kappa shape index (κ2) is 4.81. The van der Waals surface area contributed by atoms with Crippen molar-refractivity contribution in [3.05, 3.63) is 18.6 Å². The summed E-state index contributed by atoms with van der Waals surface area (Å²) in [4.78, 5) is 8.72. The van der Waals surface area contributed by atoms with E-state index in [1.54, 1.807) is 6.20 Å². The third kappa shape index (κ3) is 2.11. The Labute approximate surface area is 105 Å². The van der Waals surface area contributed by atoms with Crippen LogP contribution in [0.3, 0.4) is 0 Å². The van der Waals surface area contributed by atoms with Crippen molar-refractivity contribution in [1.29, 1.82) is 0 Å². The Kier molecular flexibility index (Phi) is 3.02. The van der Waals surface area contributed by atoms with Gasteiger partial charge in [0.1, 0.15) is 11.9 Å². The van der Waals surface area contributed by atoms with Gasteiger partial charge in [-0.1, -0.05) is 0 Å². The SMILES string of the molecule is CCNc1cn2ccnc2c(OC2CCOC2)n1. The molecule has 0 spiro atoms. The molecule has 1 saturated heterocycles. The van der Waals surface area contributed by atoms with E-state index in [1.165, 1.54) is 0 Å². The second-order valence-electron chi connectivity index (χ2n) is 4.22. The number of anilines is 1. The molecule has 6 heteroatoms. The molecule has 0 aromatic carbocycles. The van der Waals surface area contributed by atoms with Crippen molar-refractivity contribution < 1.29 is 9.47 Å². The summed E-state index contributed by atoms with van der Waals surface area (Å²) in [5, 5.41) is 3.18. The van der Waals surface area contributed by atoms with Gasteiger partial charge in [-0.05, 0) is 6.92 Å². The maximum absolute atomic E-state index is 5.87. The molecular weight excluding hydrogens is 232 g/mol. The molecule has 3 heterocycles. The minimum atomic E-state index is 0.0786. The minimum Gasteiger partial charge on any atom is -0.469 e. The smallest absolute Gasteiger partial charge is 0.260 e. The summed E-state index contributed by atoms with van der Waals surface area (Å²) in [7, 11) is 0. The van der Waals surface area contributed by atoms with E-state index in [4.69, 9.17) is 9.47 Å². The van der Waals surface area contributed by atoms with Crippen LogP contribution in [0.15, 0.2) is 18.6 Å². The van der Waals surface area contributed by atoms with E-state index in [1.807, 2.05) is 23.7 Å². The minimum absolute atomic E-state index is 0.0786. The first-order valence-electron chi connectivity index (χ1n) is 6.19. The van der Waals surface area contributed by atoms with Gasteiger partial charge in [-0.3, -0.25) is 4.40 Å². The van der Waals surface area contributed by atoms with Crippen LogP contribution >= 0.6 is 0 Å². The molecule has 1 aliphatic rings. The number of rotatable bonds is 4. The molecule has 0 saturated carbocycles. The van der Waals surface area contributed by atoms with Crippen LogP contribution < -0.4 is 10.1 Å². The molecule has 18 heavy (non-hydrogen) atoms. The molecule has 2 aromatic rings. The summed E-state index contributed by atoms with van der Waals surface area (Å²) in [5.74, 6) is 1.35. The molecule has 96 valence electrons. The zero-order valence-corrected chi connectivity index (χ0v) is 10.3. The van der Waals surface area contributed by atoms with Crippen molar-refractivity contribution >= 4 is 11.5 Å². The molecular formula is C12H16N4O2. The fourth-order valence-corrected chi connectivity index (χ4v) is 2.01. The third-order valence-corrected chi connectivity index (χ3v) is 2.87. The molecule has 1 fully saturated rings.